The number of benzene rings is 1. The van der Waals surface area contributed by atoms with Gasteiger partial charge in [-0.2, -0.15) is 8.42 Å². The molecule has 0 spiro atoms. The Balaban J connectivity index is 2.93. The minimum absolute atomic E-state index is 0.189. The molecule has 17 heavy (non-hydrogen) atoms. The Bertz CT molecular complexity index is 495. The fourth-order valence-corrected chi connectivity index (χ4v) is 2.08. The summed E-state index contributed by atoms with van der Waals surface area (Å²) in [5.41, 5.74) is 0. The molecule has 0 aliphatic carbocycles. The molecule has 0 N–H and O–H groups in total. The first kappa shape index (κ1) is 14.2. The molecule has 0 saturated carbocycles. The lowest BCUT2D eigenvalue weighted by Gasteiger charge is -2.16. The maximum absolute atomic E-state index is 11.8. The van der Waals surface area contributed by atoms with Gasteiger partial charge in [0.1, 0.15) is 6.34 Å². The van der Waals surface area contributed by atoms with Crippen LogP contribution < -0.4 is 0 Å². The van der Waals surface area contributed by atoms with E-state index in [1.807, 2.05) is 13.8 Å². The normalized spacial score (nSPS) is 12.3. The van der Waals surface area contributed by atoms with Crippen molar-refractivity contribution in [2.75, 3.05) is 7.05 Å². The Morgan fingerprint density at radius 3 is 2.29 bits per heavy atom. The zero-order valence-corrected chi connectivity index (χ0v) is 12.4. The smallest absolute Gasteiger partial charge is 0.283 e. The molecule has 0 heterocycles. The Morgan fingerprint density at radius 2 is 1.82 bits per heavy atom. The highest BCUT2D eigenvalue weighted by atomic mass is 79.9. The number of nitrogens with zero attached hydrogens (tertiary/aromatic N) is 2. The minimum atomic E-state index is -3.60. The van der Waals surface area contributed by atoms with Crippen LogP contribution in [0.3, 0.4) is 0 Å². The van der Waals surface area contributed by atoms with Crippen LogP contribution in [-0.4, -0.2) is 32.7 Å². The Morgan fingerprint density at radius 1 is 1.29 bits per heavy atom. The molecule has 1 aromatic carbocycles. The van der Waals surface area contributed by atoms with Crippen LogP contribution in [0.1, 0.15) is 13.8 Å². The van der Waals surface area contributed by atoms with E-state index in [4.69, 9.17) is 0 Å². The van der Waals surface area contributed by atoms with Crippen LogP contribution >= 0.6 is 15.9 Å². The van der Waals surface area contributed by atoms with Crippen LogP contribution in [-0.2, 0) is 10.0 Å². The Kier molecular flexibility index (Phi) is 4.70. The molecule has 0 fully saturated rings. The predicted molar refractivity (Wildman–Crippen MR) is 72.7 cm³/mol. The van der Waals surface area contributed by atoms with E-state index in [-0.39, 0.29) is 10.9 Å². The molecule has 0 amide bonds. The molecule has 0 aliphatic rings. The summed E-state index contributed by atoms with van der Waals surface area (Å²) in [4.78, 5) is 1.92. The highest BCUT2D eigenvalue weighted by Gasteiger charge is 2.11. The van der Waals surface area contributed by atoms with E-state index >= 15 is 0 Å². The van der Waals surface area contributed by atoms with Gasteiger partial charge in [-0.25, -0.2) is 0 Å². The van der Waals surface area contributed by atoms with Gasteiger partial charge in [0, 0.05) is 17.6 Å². The van der Waals surface area contributed by atoms with Crippen LogP contribution in [0.15, 0.2) is 38.0 Å². The third-order valence-electron chi connectivity index (χ3n) is 2.29. The number of hydrogen-bond acceptors (Lipinski definition) is 2. The average molecular weight is 319 g/mol. The van der Waals surface area contributed by atoms with E-state index in [0.29, 0.717) is 0 Å². The lowest BCUT2D eigenvalue weighted by atomic mass is 10.4. The van der Waals surface area contributed by atoms with Gasteiger partial charge in [-0.05, 0) is 38.1 Å². The molecule has 1 aromatic rings. The van der Waals surface area contributed by atoms with E-state index < -0.39 is 10.0 Å². The summed E-state index contributed by atoms with van der Waals surface area (Å²) >= 11 is 3.25. The van der Waals surface area contributed by atoms with Crippen molar-refractivity contribution in [3.05, 3.63) is 28.7 Å². The molecule has 0 radical (unpaired) electrons. The van der Waals surface area contributed by atoms with E-state index in [0.717, 1.165) is 4.47 Å². The van der Waals surface area contributed by atoms with Crippen molar-refractivity contribution in [3.8, 4) is 0 Å². The molecular weight excluding hydrogens is 304 g/mol. The van der Waals surface area contributed by atoms with Crippen LogP contribution in [0.5, 0.6) is 0 Å². The van der Waals surface area contributed by atoms with Crippen molar-refractivity contribution in [2.45, 2.75) is 24.8 Å². The standard InChI is InChI=1S/C11H15BrN2O2S/c1-9(2)14(3)8-13-17(15,16)11-6-4-10(12)5-7-11/h4-9H,1-3H3. The summed E-state index contributed by atoms with van der Waals surface area (Å²) in [6.45, 7) is 3.91. The van der Waals surface area contributed by atoms with Crippen LogP contribution in [0.4, 0.5) is 0 Å². The second kappa shape index (κ2) is 5.64. The number of sulfonamides is 1. The molecule has 1 rings (SSSR count). The largest absolute Gasteiger partial charge is 0.363 e. The molecule has 4 nitrogen and oxygen atoms in total. The van der Waals surface area contributed by atoms with Gasteiger partial charge in [0.15, 0.2) is 0 Å². The summed E-state index contributed by atoms with van der Waals surface area (Å²) < 4.78 is 28.1. The van der Waals surface area contributed by atoms with Gasteiger partial charge in [-0.3, -0.25) is 0 Å². The zero-order valence-electron chi connectivity index (χ0n) is 9.96. The van der Waals surface area contributed by atoms with Crippen LogP contribution in [0, 0.1) is 0 Å². The first-order chi connectivity index (χ1) is 7.83. The molecule has 0 bridgehead atoms. The van der Waals surface area contributed by atoms with Crippen molar-refractivity contribution >= 4 is 32.3 Å². The highest BCUT2D eigenvalue weighted by molar-refractivity contribution is 9.10. The molecule has 94 valence electrons. The molecule has 0 aromatic heterocycles. The van der Waals surface area contributed by atoms with E-state index in [1.165, 1.54) is 18.5 Å². The van der Waals surface area contributed by atoms with Gasteiger partial charge in [-0.15, -0.1) is 4.40 Å². The Hall–Kier alpha value is -0.880. The fourth-order valence-electron chi connectivity index (χ4n) is 0.937. The minimum Gasteiger partial charge on any atom is -0.363 e. The third kappa shape index (κ3) is 4.12. The first-order valence-corrected chi connectivity index (χ1v) is 7.34. The highest BCUT2D eigenvalue weighted by Crippen LogP contribution is 2.16. The topological polar surface area (TPSA) is 49.7 Å². The SMILES string of the molecule is CC(C)N(C)C=NS(=O)(=O)c1ccc(Br)cc1. The Labute approximate surface area is 111 Å². The van der Waals surface area contributed by atoms with E-state index in [1.54, 1.807) is 24.1 Å². The van der Waals surface area contributed by atoms with Crippen molar-refractivity contribution in [2.24, 2.45) is 4.40 Å². The van der Waals surface area contributed by atoms with Crippen molar-refractivity contribution < 1.29 is 8.42 Å². The molecule has 0 aliphatic heterocycles. The first-order valence-electron chi connectivity index (χ1n) is 5.11. The van der Waals surface area contributed by atoms with Gasteiger partial charge in [0.25, 0.3) is 10.0 Å². The van der Waals surface area contributed by atoms with E-state index in [2.05, 4.69) is 20.3 Å². The quantitative estimate of drug-likeness (QED) is 0.633. The monoisotopic (exact) mass is 318 g/mol. The third-order valence-corrected chi connectivity index (χ3v) is 4.06. The van der Waals surface area contributed by atoms with Crippen LogP contribution in [0.2, 0.25) is 0 Å². The summed E-state index contributed by atoms with van der Waals surface area (Å²) in [6.07, 6.45) is 1.34. The summed E-state index contributed by atoms with van der Waals surface area (Å²) in [5.74, 6) is 0. The summed E-state index contributed by atoms with van der Waals surface area (Å²) in [7, 11) is -1.82. The molecule has 0 atom stereocenters. The van der Waals surface area contributed by atoms with E-state index in [9.17, 15) is 8.42 Å². The lowest BCUT2D eigenvalue weighted by Crippen LogP contribution is -2.24. The maximum Gasteiger partial charge on any atom is 0.283 e. The average Bonchev–Trinajstić information content (AvgIpc) is 2.26. The summed E-state index contributed by atoms with van der Waals surface area (Å²) in [5, 5.41) is 0. The van der Waals surface area contributed by atoms with Gasteiger partial charge < -0.3 is 4.90 Å². The number of rotatable bonds is 4. The van der Waals surface area contributed by atoms with Gasteiger partial charge in [0.2, 0.25) is 0 Å². The molecule has 6 heteroatoms. The van der Waals surface area contributed by atoms with Gasteiger partial charge in [-0.1, -0.05) is 15.9 Å². The zero-order chi connectivity index (χ0) is 13.1. The van der Waals surface area contributed by atoms with Crippen molar-refractivity contribution in [1.82, 2.24) is 4.90 Å². The number of hydrogen-bond donors (Lipinski definition) is 0. The number of halogens is 1. The lowest BCUT2D eigenvalue weighted by molar-refractivity contribution is 0.429. The molecular formula is C11H15BrN2O2S. The van der Waals surface area contributed by atoms with Crippen molar-refractivity contribution in [1.29, 1.82) is 0 Å². The molecule has 0 saturated heterocycles. The van der Waals surface area contributed by atoms with Crippen molar-refractivity contribution in [3.63, 3.8) is 0 Å². The van der Waals surface area contributed by atoms with Crippen LogP contribution in [0.25, 0.3) is 0 Å². The molecule has 0 unspecified atom stereocenters. The van der Waals surface area contributed by atoms with Gasteiger partial charge >= 0.3 is 0 Å². The second-order valence-electron chi connectivity index (χ2n) is 3.91. The maximum atomic E-state index is 11.8. The summed E-state index contributed by atoms with van der Waals surface area (Å²) in [6, 6.07) is 6.60. The predicted octanol–water partition coefficient (Wildman–Crippen LogP) is 2.51. The second-order valence-corrected chi connectivity index (χ2v) is 6.46. The fraction of sp³-hybridized carbons (Fsp3) is 0.364. The van der Waals surface area contributed by atoms with Gasteiger partial charge in [0.05, 0.1) is 4.90 Å².